The third kappa shape index (κ3) is 5.76. The summed E-state index contributed by atoms with van der Waals surface area (Å²) in [5.41, 5.74) is 11.8. The van der Waals surface area contributed by atoms with Crippen molar-refractivity contribution in [1.29, 1.82) is 0 Å². The molecule has 0 aliphatic rings. The molecule has 0 saturated carbocycles. The van der Waals surface area contributed by atoms with Crippen LogP contribution in [0.3, 0.4) is 0 Å². The molecule has 0 radical (unpaired) electrons. The first-order chi connectivity index (χ1) is 29.7. The summed E-state index contributed by atoms with van der Waals surface area (Å²) in [4.78, 5) is 20.6. The van der Waals surface area contributed by atoms with E-state index < -0.39 is 0 Å². The number of benzene rings is 8. The third-order valence-electron chi connectivity index (χ3n) is 11.4. The number of para-hydroxylation sites is 3. The van der Waals surface area contributed by atoms with Gasteiger partial charge in [0.2, 0.25) is 0 Å². The van der Waals surface area contributed by atoms with Gasteiger partial charge < -0.3 is 4.42 Å². The van der Waals surface area contributed by atoms with E-state index in [-0.39, 0.29) is 0 Å². The third-order valence-corrected chi connectivity index (χ3v) is 12.6. The van der Waals surface area contributed by atoms with Gasteiger partial charge in [-0.3, -0.25) is 0 Å². The molecule has 0 aliphatic carbocycles. The molecule has 0 atom stereocenters. The summed E-state index contributed by atoms with van der Waals surface area (Å²) in [5.74, 6) is 1.80. The van der Waals surface area contributed by atoms with Gasteiger partial charge in [-0.05, 0) is 41.0 Å². The highest BCUT2D eigenvalue weighted by Crippen LogP contribution is 2.43. The monoisotopic (exact) mass is 784 g/mol. The molecule has 60 heavy (non-hydrogen) atoms. The number of nitrogens with zero attached hydrogens (tertiary/aromatic N) is 4. The molecule has 0 N–H and O–H groups in total. The number of rotatable bonds is 6. The molecule has 0 unspecified atom stereocenters. The number of hydrogen-bond donors (Lipinski definition) is 0. The van der Waals surface area contributed by atoms with Crippen LogP contribution in [0.25, 0.3) is 121 Å². The van der Waals surface area contributed by atoms with Gasteiger partial charge in [-0.15, -0.1) is 11.3 Å². The summed E-state index contributed by atoms with van der Waals surface area (Å²) in [5, 5.41) is 5.80. The predicted octanol–water partition coefficient (Wildman–Crippen LogP) is 14.7. The Kier molecular flexibility index (Phi) is 7.96. The molecule has 6 heteroatoms. The molecule has 0 aliphatic heterocycles. The van der Waals surface area contributed by atoms with Crippen LogP contribution in [0.15, 0.2) is 199 Å². The average Bonchev–Trinajstić information content (AvgIpc) is 3.91. The van der Waals surface area contributed by atoms with Crippen LogP contribution in [0, 0.1) is 0 Å². The number of fused-ring (bicyclic) bond motifs is 8. The molecule has 4 heterocycles. The zero-order valence-corrected chi connectivity index (χ0v) is 32.9. The molecule has 8 aromatic carbocycles. The van der Waals surface area contributed by atoms with Crippen molar-refractivity contribution in [3.8, 4) is 67.7 Å². The van der Waals surface area contributed by atoms with Crippen molar-refractivity contribution in [2.24, 2.45) is 0 Å². The minimum atomic E-state index is 0.598. The lowest BCUT2D eigenvalue weighted by atomic mass is 10.0. The summed E-state index contributed by atoms with van der Waals surface area (Å²) in [7, 11) is 0. The average molecular weight is 785 g/mol. The van der Waals surface area contributed by atoms with Crippen molar-refractivity contribution in [3.63, 3.8) is 0 Å². The van der Waals surface area contributed by atoms with Gasteiger partial charge >= 0.3 is 0 Å². The molecule has 0 fully saturated rings. The first-order valence-corrected chi connectivity index (χ1v) is 20.8. The zero-order valence-electron chi connectivity index (χ0n) is 32.1. The molecule has 12 rings (SSSR count). The van der Waals surface area contributed by atoms with Gasteiger partial charge in [0, 0.05) is 64.1 Å². The SMILES string of the molecule is c1ccc(-c2cccc(-c3nc(-c4ccc(-c5cccc6c5oc5ccccc56)cc4)nc(-c4ccc(-c5nc6ccccc6c6sc7ccccc7c56)cc4)n3)c2)cc1. The number of aromatic nitrogens is 4. The second-order valence-electron chi connectivity index (χ2n) is 15.0. The lowest BCUT2D eigenvalue weighted by molar-refractivity contribution is 0.670. The molecule has 0 amide bonds. The number of thiophene rings is 1. The van der Waals surface area contributed by atoms with Gasteiger partial charge in [0.1, 0.15) is 11.2 Å². The fourth-order valence-corrected chi connectivity index (χ4v) is 9.64. The van der Waals surface area contributed by atoms with E-state index in [1.165, 1.54) is 25.6 Å². The van der Waals surface area contributed by atoms with Crippen LogP contribution in [0.2, 0.25) is 0 Å². The maximum absolute atomic E-state index is 6.38. The molecule has 5 nitrogen and oxygen atoms in total. The van der Waals surface area contributed by atoms with Crippen LogP contribution >= 0.6 is 11.3 Å². The fraction of sp³-hybridized carbons (Fsp3) is 0. The molecular weight excluding hydrogens is 753 g/mol. The number of hydrogen-bond acceptors (Lipinski definition) is 6. The minimum absolute atomic E-state index is 0.598. The Morgan fingerprint density at radius 1 is 0.367 bits per heavy atom. The zero-order chi connectivity index (χ0) is 39.6. The van der Waals surface area contributed by atoms with E-state index >= 15 is 0 Å². The van der Waals surface area contributed by atoms with E-state index in [1.807, 2.05) is 35.6 Å². The largest absolute Gasteiger partial charge is 0.455 e. The Balaban J connectivity index is 0.976. The fourth-order valence-electron chi connectivity index (χ4n) is 8.40. The Hall–Kier alpha value is -7.80. The van der Waals surface area contributed by atoms with Crippen LogP contribution in [0.5, 0.6) is 0 Å². The maximum Gasteiger partial charge on any atom is 0.164 e. The van der Waals surface area contributed by atoms with Crippen LogP contribution in [-0.2, 0) is 0 Å². The maximum atomic E-state index is 6.38. The Bertz CT molecular complexity index is 3590. The van der Waals surface area contributed by atoms with Crippen LogP contribution in [-0.4, -0.2) is 19.9 Å². The first kappa shape index (κ1) is 34.3. The summed E-state index contributed by atoms with van der Waals surface area (Å²) in [6, 6.07) is 67.3. The van der Waals surface area contributed by atoms with Gasteiger partial charge in [-0.25, -0.2) is 19.9 Å². The smallest absolute Gasteiger partial charge is 0.164 e. The molecular formula is C54H32N4OS. The van der Waals surface area contributed by atoms with Crippen molar-refractivity contribution >= 4 is 64.4 Å². The van der Waals surface area contributed by atoms with Gasteiger partial charge in [-0.2, -0.15) is 0 Å². The molecule has 4 aromatic heterocycles. The standard InChI is InChI=1S/C54H32N4OS/c1-2-12-33(13-3-1)38-14-10-15-39(32-38)54-57-52(36-28-24-34(25-29-36)40-19-11-20-42-41-16-5-8-22-46(41)59-50(40)42)56-53(58-54)37-30-26-35(27-31-37)49-48-44-18-6-9-23-47(44)60-51(48)43-17-4-7-21-45(43)55-49/h1-32H. The van der Waals surface area contributed by atoms with Crippen molar-refractivity contribution in [1.82, 2.24) is 19.9 Å². The highest BCUT2D eigenvalue weighted by molar-refractivity contribution is 7.26. The number of furan rings is 1. The lowest BCUT2D eigenvalue weighted by Crippen LogP contribution is -2.00. The van der Waals surface area contributed by atoms with E-state index in [2.05, 4.69) is 170 Å². The van der Waals surface area contributed by atoms with Crippen molar-refractivity contribution in [2.45, 2.75) is 0 Å². The Morgan fingerprint density at radius 2 is 0.933 bits per heavy atom. The minimum Gasteiger partial charge on any atom is -0.455 e. The van der Waals surface area contributed by atoms with Gasteiger partial charge in [0.05, 0.1) is 11.2 Å². The van der Waals surface area contributed by atoms with Crippen LogP contribution < -0.4 is 0 Å². The normalized spacial score (nSPS) is 11.7. The quantitative estimate of drug-likeness (QED) is 0.168. The van der Waals surface area contributed by atoms with E-state index in [0.29, 0.717) is 17.5 Å². The molecule has 0 saturated heterocycles. The molecule has 0 bridgehead atoms. The first-order valence-electron chi connectivity index (χ1n) is 20.0. The topological polar surface area (TPSA) is 64.7 Å². The van der Waals surface area contributed by atoms with E-state index in [1.54, 1.807) is 0 Å². The Labute approximate surface area is 348 Å². The molecule has 280 valence electrons. The summed E-state index contributed by atoms with van der Waals surface area (Å²) in [6.07, 6.45) is 0. The van der Waals surface area contributed by atoms with Crippen molar-refractivity contribution < 1.29 is 4.42 Å². The van der Waals surface area contributed by atoms with Gasteiger partial charge in [-0.1, -0.05) is 170 Å². The summed E-state index contributed by atoms with van der Waals surface area (Å²) < 4.78 is 8.89. The summed E-state index contributed by atoms with van der Waals surface area (Å²) in [6.45, 7) is 0. The van der Waals surface area contributed by atoms with Crippen LogP contribution in [0.1, 0.15) is 0 Å². The second-order valence-corrected chi connectivity index (χ2v) is 16.0. The molecule has 0 spiro atoms. The van der Waals surface area contributed by atoms with Gasteiger partial charge in [0.25, 0.3) is 0 Å². The van der Waals surface area contributed by atoms with Crippen molar-refractivity contribution in [2.75, 3.05) is 0 Å². The van der Waals surface area contributed by atoms with Crippen molar-refractivity contribution in [3.05, 3.63) is 194 Å². The van der Waals surface area contributed by atoms with E-state index in [0.717, 1.165) is 77.7 Å². The highest BCUT2D eigenvalue weighted by Gasteiger charge is 2.18. The number of pyridine rings is 1. The van der Waals surface area contributed by atoms with Crippen LogP contribution in [0.4, 0.5) is 0 Å². The van der Waals surface area contributed by atoms with E-state index in [9.17, 15) is 0 Å². The summed E-state index contributed by atoms with van der Waals surface area (Å²) >= 11 is 1.83. The molecule has 12 aromatic rings. The van der Waals surface area contributed by atoms with E-state index in [4.69, 9.17) is 24.4 Å². The Morgan fingerprint density at radius 3 is 1.72 bits per heavy atom. The lowest BCUT2D eigenvalue weighted by Gasteiger charge is -2.11. The highest BCUT2D eigenvalue weighted by atomic mass is 32.1. The predicted molar refractivity (Wildman–Crippen MR) is 248 cm³/mol. The van der Waals surface area contributed by atoms with Gasteiger partial charge in [0.15, 0.2) is 17.5 Å². The second kappa shape index (κ2) is 13.9.